The minimum atomic E-state index is 0.226. The lowest BCUT2D eigenvalue weighted by Gasteiger charge is -2.34. The maximum atomic E-state index is 6.34. The van der Waals surface area contributed by atoms with Gasteiger partial charge in [0.25, 0.3) is 0 Å². The van der Waals surface area contributed by atoms with Crippen LogP contribution in [0.15, 0.2) is 6.07 Å². The Bertz CT molecular complexity index is 394. The van der Waals surface area contributed by atoms with Crippen molar-refractivity contribution in [3.8, 4) is 0 Å². The number of aryl methyl sites for hydroxylation is 2. The predicted octanol–water partition coefficient (Wildman–Crippen LogP) is 2.80. The molecule has 0 spiro atoms. The summed E-state index contributed by atoms with van der Waals surface area (Å²) in [6, 6.07) is 2.09. The van der Waals surface area contributed by atoms with Gasteiger partial charge < -0.3 is 4.90 Å². The summed E-state index contributed by atoms with van der Waals surface area (Å²) < 4.78 is 0. The molecule has 0 radical (unpaired) electrons. The van der Waals surface area contributed by atoms with E-state index in [4.69, 9.17) is 11.6 Å². The standard InChI is InChI=1S/C13H20ClN3/c1-4-11-7-13(16-10(3)15-11)17-6-5-9(2)12(14)8-17/h7,9,12H,4-6,8H2,1-3H3. The molecule has 2 heterocycles. The van der Waals surface area contributed by atoms with Crippen LogP contribution in [-0.4, -0.2) is 28.4 Å². The van der Waals surface area contributed by atoms with Crippen LogP contribution in [-0.2, 0) is 6.42 Å². The first-order valence-electron chi connectivity index (χ1n) is 6.33. The normalized spacial score (nSPS) is 25.1. The second kappa shape index (κ2) is 5.21. The Kier molecular flexibility index (Phi) is 3.87. The lowest BCUT2D eigenvalue weighted by molar-refractivity contribution is 0.443. The Morgan fingerprint density at radius 3 is 2.88 bits per heavy atom. The van der Waals surface area contributed by atoms with Gasteiger partial charge in [-0.15, -0.1) is 11.6 Å². The summed E-state index contributed by atoms with van der Waals surface area (Å²) in [6.45, 7) is 8.23. The van der Waals surface area contributed by atoms with Crippen LogP contribution in [0.2, 0.25) is 0 Å². The molecule has 0 aromatic carbocycles. The van der Waals surface area contributed by atoms with Crippen LogP contribution in [0, 0.1) is 12.8 Å². The van der Waals surface area contributed by atoms with Crippen molar-refractivity contribution in [1.29, 1.82) is 0 Å². The molecular weight excluding hydrogens is 234 g/mol. The van der Waals surface area contributed by atoms with Crippen LogP contribution < -0.4 is 4.90 Å². The molecule has 2 atom stereocenters. The fourth-order valence-electron chi connectivity index (χ4n) is 2.19. The van der Waals surface area contributed by atoms with Crippen molar-refractivity contribution in [3.63, 3.8) is 0 Å². The molecular formula is C13H20ClN3. The molecule has 2 unspecified atom stereocenters. The van der Waals surface area contributed by atoms with Crippen LogP contribution in [0.1, 0.15) is 31.8 Å². The first-order chi connectivity index (χ1) is 8.10. The van der Waals surface area contributed by atoms with Gasteiger partial charge in [-0.25, -0.2) is 9.97 Å². The SMILES string of the molecule is CCc1cc(N2CCC(C)C(Cl)C2)nc(C)n1. The van der Waals surface area contributed by atoms with Gasteiger partial charge in [-0.2, -0.15) is 0 Å². The highest BCUT2D eigenvalue weighted by Crippen LogP contribution is 2.25. The Balaban J connectivity index is 2.19. The highest BCUT2D eigenvalue weighted by atomic mass is 35.5. The number of anilines is 1. The summed E-state index contributed by atoms with van der Waals surface area (Å²) in [5.74, 6) is 2.48. The molecule has 2 rings (SSSR count). The number of halogens is 1. The fraction of sp³-hybridized carbons (Fsp3) is 0.692. The van der Waals surface area contributed by atoms with Gasteiger partial charge in [0.15, 0.2) is 0 Å². The van der Waals surface area contributed by atoms with E-state index in [0.29, 0.717) is 5.92 Å². The van der Waals surface area contributed by atoms with Crippen LogP contribution in [0.25, 0.3) is 0 Å². The molecule has 94 valence electrons. The summed E-state index contributed by atoms with van der Waals surface area (Å²) in [6.07, 6.45) is 2.09. The number of alkyl halides is 1. The van der Waals surface area contributed by atoms with Gasteiger partial charge in [0, 0.05) is 24.8 Å². The Morgan fingerprint density at radius 1 is 1.47 bits per heavy atom. The summed E-state index contributed by atoms with van der Waals surface area (Å²) in [7, 11) is 0. The summed E-state index contributed by atoms with van der Waals surface area (Å²) in [4.78, 5) is 11.2. The third-order valence-corrected chi connectivity index (χ3v) is 4.00. The summed E-state index contributed by atoms with van der Waals surface area (Å²) in [5.41, 5.74) is 1.11. The number of hydrogen-bond acceptors (Lipinski definition) is 3. The van der Waals surface area contributed by atoms with Crippen molar-refractivity contribution in [2.24, 2.45) is 5.92 Å². The van der Waals surface area contributed by atoms with Gasteiger partial charge in [0.1, 0.15) is 11.6 Å². The van der Waals surface area contributed by atoms with Crippen molar-refractivity contribution in [1.82, 2.24) is 9.97 Å². The first kappa shape index (κ1) is 12.6. The smallest absolute Gasteiger partial charge is 0.132 e. The molecule has 0 saturated carbocycles. The zero-order valence-corrected chi connectivity index (χ0v) is 11.5. The van der Waals surface area contributed by atoms with Gasteiger partial charge in [-0.05, 0) is 25.7 Å². The Labute approximate surface area is 108 Å². The maximum Gasteiger partial charge on any atom is 0.132 e. The van der Waals surface area contributed by atoms with Crippen molar-refractivity contribution in [2.45, 2.75) is 39.0 Å². The molecule has 1 aliphatic rings. The number of rotatable bonds is 2. The number of hydrogen-bond donors (Lipinski definition) is 0. The number of piperidine rings is 1. The van der Waals surface area contributed by atoms with E-state index >= 15 is 0 Å². The quantitative estimate of drug-likeness (QED) is 0.759. The fourth-order valence-corrected chi connectivity index (χ4v) is 2.48. The second-order valence-corrected chi connectivity index (χ2v) is 5.41. The van der Waals surface area contributed by atoms with Gasteiger partial charge >= 0.3 is 0 Å². The van der Waals surface area contributed by atoms with Gasteiger partial charge in [-0.3, -0.25) is 0 Å². The molecule has 1 aliphatic heterocycles. The number of nitrogens with zero attached hydrogens (tertiary/aromatic N) is 3. The third-order valence-electron chi connectivity index (χ3n) is 3.43. The summed E-state index contributed by atoms with van der Waals surface area (Å²) >= 11 is 6.34. The van der Waals surface area contributed by atoms with Crippen LogP contribution in [0.5, 0.6) is 0 Å². The Morgan fingerprint density at radius 2 is 2.24 bits per heavy atom. The van der Waals surface area contributed by atoms with Gasteiger partial charge in [0.2, 0.25) is 0 Å². The van der Waals surface area contributed by atoms with E-state index < -0.39 is 0 Å². The van der Waals surface area contributed by atoms with E-state index in [1.807, 2.05) is 6.92 Å². The number of aromatic nitrogens is 2. The maximum absolute atomic E-state index is 6.34. The molecule has 4 heteroatoms. The van der Waals surface area contributed by atoms with E-state index in [9.17, 15) is 0 Å². The van der Waals surface area contributed by atoms with Crippen molar-refractivity contribution in [3.05, 3.63) is 17.6 Å². The molecule has 0 aliphatic carbocycles. The zero-order valence-electron chi connectivity index (χ0n) is 10.8. The van der Waals surface area contributed by atoms with Gasteiger partial charge in [-0.1, -0.05) is 13.8 Å². The second-order valence-electron chi connectivity index (χ2n) is 4.85. The van der Waals surface area contributed by atoms with E-state index in [-0.39, 0.29) is 5.38 Å². The molecule has 1 saturated heterocycles. The molecule has 0 N–H and O–H groups in total. The Hall–Kier alpha value is -0.830. The topological polar surface area (TPSA) is 29.0 Å². The third kappa shape index (κ3) is 2.89. The van der Waals surface area contributed by atoms with Gasteiger partial charge in [0.05, 0.1) is 5.38 Å². The lowest BCUT2D eigenvalue weighted by atomic mass is 9.98. The first-order valence-corrected chi connectivity index (χ1v) is 6.77. The van der Waals surface area contributed by atoms with E-state index in [0.717, 1.165) is 43.3 Å². The predicted molar refractivity (Wildman–Crippen MR) is 71.8 cm³/mol. The van der Waals surface area contributed by atoms with E-state index in [2.05, 4.69) is 34.8 Å². The largest absolute Gasteiger partial charge is 0.355 e. The molecule has 0 bridgehead atoms. The molecule has 3 nitrogen and oxygen atoms in total. The molecule has 17 heavy (non-hydrogen) atoms. The summed E-state index contributed by atoms with van der Waals surface area (Å²) in [5, 5.41) is 0.226. The van der Waals surface area contributed by atoms with E-state index in [1.165, 1.54) is 0 Å². The zero-order chi connectivity index (χ0) is 12.4. The average molecular weight is 254 g/mol. The molecule has 1 fully saturated rings. The monoisotopic (exact) mass is 253 g/mol. The molecule has 1 aromatic heterocycles. The van der Waals surface area contributed by atoms with Crippen LogP contribution in [0.3, 0.4) is 0 Å². The average Bonchev–Trinajstić information content (AvgIpc) is 2.32. The molecule has 0 amide bonds. The minimum absolute atomic E-state index is 0.226. The van der Waals surface area contributed by atoms with E-state index in [1.54, 1.807) is 0 Å². The lowest BCUT2D eigenvalue weighted by Crippen LogP contribution is -2.41. The van der Waals surface area contributed by atoms with Crippen LogP contribution >= 0.6 is 11.6 Å². The minimum Gasteiger partial charge on any atom is -0.355 e. The van der Waals surface area contributed by atoms with Crippen LogP contribution in [0.4, 0.5) is 5.82 Å². The molecule has 1 aromatic rings. The highest BCUT2D eigenvalue weighted by Gasteiger charge is 2.25. The van der Waals surface area contributed by atoms with Crippen molar-refractivity contribution >= 4 is 17.4 Å². The highest BCUT2D eigenvalue weighted by molar-refractivity contribution is 6.21. The van der Waals surface area contributed by atoms with Crippen molar-refractivity contribution < 1.29 is 0 Å². The van der Waals surface area contributed by atoms with Crippen molar-refractivity contribution in [2.75, 3.05) is 18.0 Å².